The highest BCUT2D eigenvalue weighted by Crippen LogP contribution is 2.02. The predicted molar refractivity (Wildman–Crippen MR) is 58.0 cm³/mol. The molecule has 0 saturated carbocycles. The molecule has 0 aromatic carbocycles. The van der Waals surface area contributed by atoms with Gasteiger partial charge >= 0.3 is 17.9 Å². The maximum atomic E-state index is 11.2. The summed E-state index contributed by atoms with van der Waals surface area (Å²) in [4.78, 5) is 33.0. The molecule has 96 valence electrons. The first-order valence-corrected chi connectivity index (χ1v) is 5.08. The van der Waals surface area contributed by atoms with Crippen LogP contribution in [0.3, 0.4) is 0 Å². The Morgan fingerprint density at radius 1 is 1.12 bits per heavy atom. The van der Waals surface area contributed by atoms with E-state index in [4.69, 9.17) is 0 Å². The Kier molecular flexibility index (Phi) is 7.41. The van der Waals surface area contributed by atoms with Gasteiger partial charge in [0.1, 0.15) is 0 Å². The molecule has 17 heavy (non-hydrogen) atoms. The van der Waals surface area contributed by atoms with Crippen LogP contribution in [0.5, 0.6) is 0 Å². The van der Waals surface area contributed by atoms with E-state index in [2.05, 4.69) is 20.8 Å². The molecule has 0 rings (SSSR count). The van der Waals surface area contributed by atoms with E-state index in [1.54, 1.807) is 0 Å². The standard InChI is InChI=1S/C11H16O6/c1-4-5-16-10(13)7-17-9(12)6-8(2)11(14)15-3/h2,4-7H2,1,3H3. The second kappa shape index (κ2) is 8.32. The first-order chi connectivity index (χ1) is 8.01. The molecule has 0 saturated heterocycles. The Morgan fingerprint density at radius 2 is 1.76 bits per heavy atom. The second-order valence-electron chi connectivity index (χ2n) is 3.15. The van der Waals surface area contributed by atoms with Crippen molar-refractivity contribution in [3.8, 4) is 0 Å². The molecule has 0 aromatic rings. The lowest BCUT2D eigenvalue weighted by Gasteiger charge is -2.05. The highest BCUT2D eigenvalue weighted by Gasteiger charge is 2.14. The summed E-state index contributed by atoms with van der Waals surface area (Å²) in [5, 5.41) is 0. The fourth-order valence-electron chi connectivity index (χ4n) is 0.839. The molecule has 0 aliphatic carbocycles. The minimum atomic E-state index is -0.728. The number of carbonyl (C=O) groups excluding carboxylic acids is 3. The summed E-state index contributed by atoms with van der Waals surface area (Å²) in [5.41, 5.74) is -0.0283. The van der Waals surface area contributed by atoms with Crippen LogP contribution in [0.25, 0.3) is 0 Å². The number of hydrogen-bond acceptors (Lipinski definition) is 6. The van der Waals surface area contributed by atoms with Gasteiger partial charge in [0.05, 0.1) is 20.1 Å². The monoisotopic (exact) mass is 244 g/mol. The first-order valence-electron chi connectivity index (χ1n) is 5.08. The molecule has 0 aliphatic heterocycles. The van der Waals surface area contributed by atoms with Crippen molar-refractivity contribution in [1.82, 2.24) is 0 Å². The molecule has 0 heterocycles. The van der Waals surface area contributed by atoms with Crippen LogP contribution in [0.15, 0.2) is 12.2 Å². The van der Waals surface area contributed by atoms with Gasteiger partial charge in [0.25, 0.3) is 0 Å². The van der Waals surface area contributed by atoms with Gasteiger partial charge in [0.2, 0.25) is 0 Å². The summed E-state index contributed by atoms with van der Waals surface area (Å²) < 4.78 is 13.6. The number of hydrogen-bond donors (Lipinski definition) is 0. The minimum Gasteiger partial charge on any atom is -0.466 e. The zero-order valence-corrected chi connectivity index (χ0v) is 9.99. The molecule has 0 N–H and O–H groups in total. The highest BCUT2D eigenvalue weighted by molar-refractivity contribution is 5.93. The first kappa shape index (κ1) is 15.2. The van der Waals surface area contributed by atoms with Crippen LogP contribution in [0.1, 0.15) is 19.8 Å². The van der Waals surface area contributed by atoms with E-state index in [9.17, 15) is 14.4 Å². The van der Waals surface area contributed by atoms with Gasteiger partial charge in [-0.2, -0.15) is 0 Å². The van der Waals surface area contributed by atoms with Gasteiger partial charge in [-0.15, -0.1) is 0 Å². The lowest BCUT2D eigenvalue weighted by Crippen LogP contribution is -2.18. The van der Waals surface area contributed by atoms with Crippen LogP contribution in [0.4, 0.5) is 0 Å². The molecule has 6 nitrogen and oxygen atoms in total. The molecule has 0 aromatic heterocycles. The fraction of sp³-hybridized carbons (Fsp3) is 0.545. The van der Waals surface area contributed by atoms with E-state index < -0.39 is 24.5 Å². The number of carbonyl (C=O) groups is 3. The highest BCUT2D eigenvalue weighted by atomic mass is 16.6. The third-order valence-corrected chi connectivity index (χ3v) is 1.65. The largest absolute Gasteiger partial charge is 0.466 e. The quantitative estimate of drug-likeness (QED) is 0.371. The normalized spacial score (nSPS) is 9.29. The van der Waals surface area contributed by atoms with Gasteiger partial charge in [-0.05, 0) is 6.42 Å². The number of rotatable bonds is 7. The molecule has 0 bridgehead atoms. The Morgan fingerprint density at radius 3 is 2.29 bits per heavy atom. The average Bonchev–Trinajstić information content (AvgIpc) is 2.32. The minimum absolute atomic E-state index is 0.0283. The summed E-state index contributed by atoms with van der Waals surface area (Å²) in [6, 6.07) is 0. The molecule has 0 aliphatic rings. The van der Waals surface area contributed by atoms with E-state index in [1.807, 2.05) is 6.92 Å². The molecule has 0 unspecified atom stereocenters. The lowest BCUT2D eigenvalue weighted by molar-refractivity contribution is -0.158. The summed E-state index contributed by atoms with van der Waals surface area (Å²) in [5.74, 6) is -2.03. The molecule has 0 amide bonds. The van der Waals surface area contributed by atoms with Crippen LogP contribution in [0, 0.1) is 0 Å². The van der Waals surface area contributed by atoms with Crippen molar-refractivity contribution in [2.75, 3.05) is 20.3 Å². The summed E-state index contributed by atoms with van der Waals surface area (Å²) in [7, 11) is 1.18. The van der Waals surface area contributed by atoms with E-state index in [-0.39, 0.29) is 18.6 Å². The molecular weight excluding hydrogens is 228 g/mol. The lowest BCUT2D eigenvalue weighted by atomic mass is 10.2. The summed E-state index contributed by atoms with van der Waals surface area (Å²) >= 11 is 0. The van der Waals surface area contributed by atoms with Gasteiger partial charge in [-0.25, -0.2) is 9.59 Å². The van der Waals surface area contributed by atoms with Crippen LogP contribution >= 0.6 is 0 Å². The topological polar surface area (TPSA) is 78.9 Å². The molecule has 0 spiro atoms. The third-order valence-electron chi connectivity index (χ3n) is 1.65. The van der Waals surface area contributed by atoms with Crippen molar-refractivity contribution in [2.45, 2.75) is 19.8 Å². The molecule has 6 heteroatoms. The van der Waals surface area contributed by atoms with Gasteiger partial charge in [-0.1, -0.05) is 13.5 Å². The molecule has 0 atom stereocenters. The number of methoxy groups -OCH3 is 1. The summed E-state index contributed by atoms with van der Waals surface area (Å²) in [6.45, 7) is 5.02. The molecule has 0 fully saturated rings. The SMILES string of the molecule is C=C(CC(=O)OCC(=O)OCCC)C(=O)OC. The fourth-order valence-corrected chi connectivity index (χ4v) is 0.839. The second-order valence-corrected chi connectivity index (χ2v) is 3.15. The van der Waals surface area contributed by atoms with Crippen LogP contribution in [-0.2, 0) is 28.6 Å². The van der Waals surface area contributed by atoms with E-state index >= 15 is 0 Å². The van der Waals surface area contributed by atoms with Crippen LogP contribution in [-0.4, -0.2) is 38.2 Å². The van der Waals surface area contributed by atoms with Gasteiger partial charge in [0, 0.05) is 5.57 Å². The van der Waals surface area contributed by atoms with Crippen molar-refractivity contribution in [2.24, 2.45) is 0 Å². The Bertz CT molecular complexity index is 307. The van der Waals surface area contributed by atoms with Crippen LogP contribution in [0.2, 0.25) is 0 Å². The Balaban J connectivity index is 3.84. The maximum absolute atomic E-state index is 11.2. The zero-order valence-electron chi connectivity index (χ0n) is 9.99. The average molecular weight is 244 g/mol. The Labute approximate surface area is 99.5 Å². The number of ether oxygens (including phenoxy) is 3. The van der Waals surface area contributed by atoms with Gasteiger partial charge < -0.3 is 14.2 Å². The van der Waals surface area contributed by atoms with Gasteiger partial charge in [-0.3, -0.25) is 4.79 Å². The van der Waals surface area contributed by atoms with Crippen molar-refractivity contribution >= 4 is 17.9 Å². The maximum Gasteiger partial charge on any atom is 0.344 e. The smallest absolute Gasteiger partial charge is 0.344 e. The van der Waals surface area contributed by atoms with E-state index in [1.165, 1.54) is 7.11 Å². The van der Waals surface area contributed by atoms with Gasteiger partial charge in [0.15, 0.2) is 6.61 Å². The molecular formula is C11H16O6. The van der Waals surface area contributed by atoms with E-state index in [0.29, 0.717) is 6.42 Å². The number of esters is 3. The van der Waals surface area contributed by atoms with Crippen molar-refractivity contribution < 1.29 is 28.6 Å². The van der Waals surface area contributed by atoms with Crippen molar-refractivity contribution in [3.05, 3.63) is 12.2 Å². The van der Waals surface area contributed by atoms with Crippen molar-refractivity contribution in [1.29, 1.82) is 0 Å². The van der Waals surface area contributed by atoms with Crippen LogP contribution < -0.4 is 0 Å². The van der Waals surface area contributed by atoms with Crippen molar-refractivity contribution in [3.63, 3.8) is 0 Å². The Hall–Kier alpha value is -1.85. The molecule has 0 radical (unpaired) electrons. The third kappa shape index (κ3) is 7.10. The predicted octanol–water partition coefficient (Wildman–Crippen LogP) is 0.602. The zero-order chi connectivity index (χ0) is 13.3. The van der Waals surface area contributed by atoms with E-state index in [0.717, 1.165) is 0 Å². The summed E-state index contributed by atoms with van der Waals surface area (Å²) in [6.07, 6.45) is 0.382.